The molecular formula is C10H6BrN3O2. The van der Waals surface area contributed by atoms with Crippen molar-refractivity contribution in [1.29, 1.82) is 0 Å². The quantitative estimate of drug-likeness (QED) is 0.582. The number of hydrogen-bond acceptors (Lipinski definition) is 2. The van der Waals surface area contributed by atoms with Crippen LogP contribution in [0.1, 0.15) is 0 Å². The molecule has 0 aliphatic carbocycles. The van der Waals surface area contributed by atoms with Crippen LogP contribution in [-0.2, 0) is 0 Å². The maximum Gasteiger partial charge on any atom is 0.326 e. The minimum atomic E-state index is -0.502. The molecule has 0 radical (unpaired) electrons. The molecule has 0 aliphatic heterocycles. The molecule has 0 spiro atoms. The molecule has 0 aliphatic rings. The molecule has 0 saturated heterocycles. The van der Waals surface area contributed by atoms with Gasteiger partial charge in [0, 0.05) is 9.86 Å². The second-order valence-electron chi connectivity index (χ2n) is 3.45. The van der Waals surface area contributed by atoms with Crippen molar-refractivity contribution in [1.82, 2.24) is 15.0 Å². The van der Waals surface area contributed by atoms with Gasteiger partial charge in [0.25, 0.3) is 5.56 Å². The summed E-state index contributed by atoms with van der Waals surface area (Å²) < 4.78 is 0.849. The molecule has 0 bridgehead atoms. The Morgan fingerprint density at radius 2 is 1.75 bits per heavy atom. The average molecular weight is 280 g/mol. The maximum absolute atomic E-state index is 11.6. The van der Waals surface area contributed by atoms with Crippen LogP contribution in [0.2, 0.25) is 0 Å². The third-order valence-electron chi connectivity index (χ3n) is 2.48. The van der Waals surface area contributed by atoms with E-state index in [0.29, 0.717) is 11.0 Å². The van der Waals surface area contributed by atoms with Crippen LogP contribution >= 0.6 is 15.9 Å². The molecular weight excluding hydrogens is 274 g/mol. The Hall–Kier alpha value is -1.82. The number of fused-ring (bicyclic) bond motifs is 3. The first kappa shape index (κ1) is 9.41. The van der Waals surface area contributed by atoms with E-state index in [1.165, 1.54) is 0 Å². The van der Waals surface area contributed by atoms with E-state index in [9.17, 15) is 9.59 Å². The molecule has 16 heavy (non-hydrogen) atoms. The van der Waals surface area contributed by atoms with Crippen molar-refractivity contribution >= 4 is 37.9 Å². The molecule has 1 aromatic carbocycles. The standard InChI is InChI=1S/C10H6BrN3O2/c11-5-3-1-2-4-6(5)12-8-7(4)13-10(16)14-9(8)15/h1-3,12H,(H2,13,14,15,16). The summed E-state index contributed by atoms with van der Waals surface area (Å²) in [5.41, 5.74) is 0.789. The highest BCUT2D eigenvalue weighted by atomic mass is 79.9. The summed E-state index contributed by atoms with van der Waals surface area (Å²) in [7, 11) is 0. The van der Waals surface area contributed by atoms with Gasteiger partial charge in [-0.25, -0.2) is 4.79 Å². The van der Waals surface area contributed by atoms with Crippen LogP contribution in [0, 0.1) is 0 Å². The van der Waals surface area contributed by atoms with E-state index in [2.05, 4.69) is 30.9 Å². The summed E-state index contributed by atoms with van der Waals surface area (Å²) in [6, 6.07) is 5.55. The van der Waals surface area contributed by atoms with E-state index in [0.717, 1.165) is 15.4 Å². The normalized spacial score (nSPS) is 11.3. The molecule has 0 fully saturated rings. The molecule has 3 aromatic rings. The highest BCUT2D eigenvalue weighted by molar-refractivity contribution is 9.10. The van der Waals surface area contributed by atoms with Crippen molar-refractivity contribution in [3.05, 3.63) is 43.5 Å². The third-order valence-corrected chi connectivity index (χ3v) is 3.14. The predicted octanol–water partition coefficient (Wildman–Crippen LogP) is 1.46. The highest BCUT2D eigenvalue weighted by Gasteiger charge is 2.09. The number of aromatic nitrogens is 3. The molecule has 0 amide bonds. The SMILES string of the molecule is O=c1[nH]c(=O)c2[nH]c3c(Br)cccc3c2[nH]1. The van der Waals surface area contributed by atoms with Gasteiger partial charge in [-0.2, -0.15) is 0 Å². The summed E-state index contributed by atoms with van der Waals surface area (Å²) in [4.78, 5) is 30.5. The zero-order chi connectivity index (χ0) is 11.3. The zero-order valence-electron chi connectivity index (χ0n) is 7.93. The van der Waals surface area contributed by atoms with Gasteiger partial charge in [0.2, 0.25) is 0 Å². The Bertz CT molecular complexity index is 812. The van der Waals surface area contributed by atoms with Gasteiger partial charge in [-0.1, -0.05) is 12.1 Å². The number of para-hydroxylation sites is 1. The van der Waals surface area contributed by atoms with Gasteiger partial charge in [-0.05, 0) is 22.0 Å². The van der Waals surface area contributed by atoms with Gasteiger partial charge in [-0.3, -0.25) is 9.78 Å². The Balaban J connectivity index is 2.72. The number of benzene rings is 1. The maximum atomic E-state index is 11.6. The van der Waals surface area contributed by atoms with E-state index in [4.69, 9.17) is 0 Å². The fourth-order valence-electron chi connectivity index (χ4n) is 1.79. The van der Waals surface area contributed by atoms with Gasteiger partial charge in [0.05, 0.1) is 11.0 Å². The lowest BCUT2D eigenvalue weighted by atomic mass is 10.2. The second-order valence-corrected chi connectivity index (χ2v) is 4.30. The van der Waals surface area contributed by atoms with Crippen molar-refractivity contribution in [3.8, 4) is 0 Å². The fourth-order valence-corrected chi connectivity index (χ4v) is 2.26. The molecule has 0 unspecified atom stereocenters. The Morgan fingerprint density at radius 3 is 2.56 bits per heavy atom. The van der Waals surface area contributed by atoms with Crippen LogP contribution < -0.4 is 11.2 Å². The van der Waals surface area contributed by atoms with E-state index < -0.39 is 11.2 Å². The topological polar surface area (TPSA) is 81.5 Å². The van der Waals surface area contributed by atoms with E-state index in [1.54, 1.807) is 0 Å². The van der Waals surface area contributed by atoms with Crippen LogP contribution in [0.3, 0.4) is 0 Å². The summed E-state index contributed by atoms with van der Waals surface area (Å²) in [6.07, 6.45) is 0. The van der Waals surface area contributed by atoms with E-state index >= 15 is 0 Å². The Morgan fingerprint density at radius 1 is 0.938 bits per heavy atom. The summed E-state index contributed by atoms with van der Waals surface area (Å²) in [5, 5.41) is 0.813. The summed E-state index contributed by atoms with van der Waals surface area (Å²) in [6.45, 7) is 0. The van der Waals surface area contributed by atoms with Gasteiger partial charge in [0.1, 0.15) is 5.52 Å². The average Bonchev–Trinajstić information content (AvgIpc) is 2.59. The number of H-pyrrole nitrogens is 3. The molecule has 2 aromatic heterocycles. The molecule has 3 N–H and O–H groups in total. The van der Waals surface area contributed by atoms with Crippen LogP contribution in [0.4, 0.5) is 0 Å². The minimum absolute atomic E-state index is 0.376. The van der Waals surface area contributed by atoms with Crippen molar-refractivity contribution in [2.45, 2.75) is 0 Å². The molecule has 6 heteroatoms. The van der Waals surface area contributed by atoms with Crippen LogP contribution in [0.25, 0.3) is 21.9 Å². The van der Waals surface area contributed by atoms with Crippen molar-refractivity contribution in [3.63, 3.8) is 0 Å². The van der Waals surface area contributed by atoms with Gasteiger partial charge in [0.15, 0.2) is 0 Å². The fraction of sp³-hybridized carbons (Fsp3) is 0. The molecule has 3 rings (SSSR count). The molecule has 0 atom stereocenters. The molecule has 80 valence electrons. The molecule has 2 heterocycles. The monoisotopic (exact) mass is 279 g/mol. The number of hydrogen-bond donors (Lipinski definition) is 3. The lowest BCUT2D eigenvalue weighted by Crippen LogP contribution is -2.21. The third kappa shape index (κ3) is 1.16. The van der Waals surface area contributed by atoms with E-state index in [-0.39, 0.29) is 0 Å². The molecule has 0 saturated carbocycles. The number of halogens is 1. The van der Waals surface area contributed by atoms with Gasteiger partial charge in [-0.15, -0.1) is 0 Å². The number of nitrogens with one attached hydrogen (secondary N) is 3. The van der Waals surface area contributed by atoms with Crippen LogP contribution in [-0.4, -0.2) is 15.0 Å². The minimum Gasteiger partial charge on any atom is -0.348 e. The van der Waals surface area contributed by atoms with Crippen molar-refractivity contribution < 1.29 is 0 Å². The first-order chi connectivity index (χ1) is 7.66. The smallest absolute Gasteiger partial charge is 0.326 e. The predicted molar refractivity (Wildman–Crippen MR) is 64.7 cm³/mol. The Labute approximate surface area is 96.6 Å². The summed E-state index contributed by atoms with van der Waals surface area (Å²) >= 11 is 3.38. The lowest BCUT2D eigenvalue weighted by molar-refractivity contribution is 1.08. The van der Waals surface area contributed by atoms with Crippen LogP contribution in [0.15, 0.2) is 32.3 Å². The van der Waals surface area contributed by atoms with Gasteiger partial charge < -0.3 is 9.97 Å². The largest absolute Gasteiger partial charge is 0.348 e. The van der Waals surface area contributed by atoms with Crippen LogP contribution in [0.5, 0.6) is 0 Å². The highest BCUT2D eigenvalue weighted by Crippen LogP contribution is 2.26. The Kier molecular flexibility index (Phi) is 1.81. The first-order valence-corrected chi connectivity index (χ1v) is 5.38. The van der Waals surface area contributed by atoms with E-state index in [1.807, 2.05) is 18.2 Å². The first-order valence-electron chi connectivity index (χ1n) is 4.59. The number of aromatic amines is 3. The second kappa shape index (κ2) is 3.08. The van der Waals surface area contributed by atoms with Crippen molar-refractivity contribution in [2.75, 3.05) is 0 Å². The number of rotatable bonds is 0. The molecule has 5 nitrogen and oxygen atoms in total. The lowest BCUT2D eigenvalue weighted by Gasteiger charge is -1.91. The van der Waals surface area contributed by atoms with Gasteiger partial charge >= 0.3 is 5.69 Å². The van der Waals surface area contributed by atoms with Crippen molar-refractivity contribution in [2.24, 2.45) is 0 Å². The zero-order valence-corrected chi connectivity index (χ0v) is 9.51. The summed E-state index contributed by atoms with van der Waals surface area (Å²) in [5.74, 6) is 0.